The first kappa shape index (κ1) is 15.2. The Morgan fingerprint density at radius 3 is 2.68 bits per heavy atom. The minimum absolute atomic E-state index is 0.221. The Morgan fingerprint density at radius 2 is 2.16 bits per heavy atom. The molecule has 2 rings (SSSR count). The zero-order valence-corrected chi connectivity index (χ0v) is 15.0. The minimum atomic E-state index is 0.221. The molecule has 104 valence electrons. The van der Waals surface area contributed by atoms with Crippen LogP contribution in [0.15, 0.2) is 20.0 Å². The normalized spacial score (nSPS) is 13.2. The third kappa shape index (κ3) is 3.45. The summed E-state index contributed by atoms with van der Waals surface area (Å²) in [6.07, 6.45) is 2.44. The largest absolute Gasteiger partial charge is 0.313 e. The molecule has 0 fully saturated rings. The number of halogens is 2. The van der Waals surface area contributed by atoms with E-state index in [4.69, 9.17) is 0 Å². The van der Waals surface area contributed by atoms with Crippen molar-refractivity contribution in [3.63, 3.8) is 0 Å². The van der Waals surface area contributed by atoms with Crippen LogP contribution in [0.3, 0.4) is 0 Å². The molecule has 0 aliphatic carbocycles. The van der Waals surface area contributed by atoms with Crippen LogP contribution >= 0.6 is 43.2 Å². The van der Waals surface area contributed by atoms with Gasteiger partial charge in [-0.1, -0.05) is 0 Å². The lowest BCUT2D eigenvalue weighted by Gasteiger charge is -2.17. The fourth-order valence-corrected chi connectivity index (χ4v) is 4.97. The third-order valence-electron chi connectivity index (χ3n) is 2.93. The predicted molar refractivity (Wildman–Crippen MR) is 85.6 cm³/mol. The van der Waals surface area contributed by atoms with Crippen molar-refractivity contribution in [2.75, 3.05) is 7.05 Å². The number of likely N-dealkylation sites (N-methyl/N-ethyl adjacent to an activating group) is 1. The molecule has 19 heavy (non-hydrogen) atoms. The lowest BCUT2D eigenvalue weighted by atomic mass is 10.1. The first-order valence-electron chi connectivity index (χ1n) is 6.03. The SMILES string of the molecule is CNC(Cc1ncnn1C(C)C)c1cc(Br)sc1Br. The summed E-state index contributed by atoms with van der Waals surface area (Å²) in [5.41, 5.74) is 1.25. The quantitative estimate of drug-likeness (QED) is 0.815. The van der Waals surface area contributed by atoms with Crippen molar-refractivity contribution in [2.45, 2.75) is 32.4 Å². The Bertz CT molecular complexity index is 550. The zero-order valence-electron chi connectivity index (χ0n) is 11.0. The van der Waals surface area contributed by atoms with Crippen LogP contribution in [0, 0.1) is 0 Å². The van der Waals surface area contributed by atoms with E-state index < -0.39 is 0 Å². The Hall–Kier alpha value is -0.240. The van der Waals surface area contributed by atoms with Gasteiger partial charge in [0, 0.05) is 18.5 Å². The molecule has 1 unspecified atom stereocenters. The highest BCUT2D eigenvalue weighted by Crippen LogP contribution is 2.36. The molecule has 2 aromatic rings. The molecule has 0 aliphatic rings. The van der Waals surface area contributed by atoms with Crippen molar-refractivity contribution in [3.05, 3.63) is 31.4 Å². The van der Waals surface area contributed by atoms with Crippen LogP contribution in [0.5, 0.6) is 0 Å². The summed E-state index contributed by atoms with van der Waals surface area (Å²) in [6, 6.07) is 2.69. The standard InChI is InChI=1S/C12H16Br2N4S/c1-7(2)18-11(16-6-17-18)5-9(15-3)8-4-10(13)19-12(8)14/h4,6-7,9,15H,5H2,1-3H3. The molecule has 4 nitrogen and oxygen atoms in total. The van der Waals surface area contributed by atoms with Gasteiger partial charge in [-0.2, -0.15) is 5.10 Å². The minimum Gasteiger partial charge on any atom is -0.313 e. The van der Waals surface area contributed by atoms with E-state index in [1.165, 1.54) is 5.56 Å². The average Bonchev–Trinajstić information content (AvgIpc) is 2.92. The Labute approximate surface area is 133 Å². The summed E-state index contributed by atoms with van der Waals surface area (Å²) in [5.74, 6) is 1.00. The van der Waals surface area contributed by atoms with E-state index in [0.29, 0.717) is 6.04 Å². The average molecular weight is 408 g/mol. The molecule has 2 heterocycles. The number of nitrogens with zero attached hydrogens (tertiary/aromatic N) is 3. The van der Waals surface area contributed by atoms with Gasteiger partial charge in [0.1, 0.15) is 12.2 Å². The van der Waals surface area contributed by atoms with Crippen LogP contribution in [-0.4, -0.2) is 21.8 Å². The van der Waals surface area contributed by atoms with Crippen molar-refractivity contribution in [2.24, 2.45) is 0 Å². The summed E-state index contributed by atoms with van der Waals surface area (Å²) in [7, 11) is 1.97. The van der Waals surface area contributed by atoms with E-state index in [1.807, 2.05) is 11.7 Å². The molecular weight excluding hydrogens is 392 g/mol. The van der Waals surface area contributed by atoms with Gasteiger partial charge in [0.05, 0.1) is 7.57 Å². The number of rotatable bonds is 5. The van der Waals surface area contributed by atoms with Gasteiger partial charge in [-0.25, -0.2) is 9.67 Å². The first-order valence-corrected chi connectivity index (χ1v) is 8.43. The molecule has 1 N–H and O–H groups in total. The zero-order chi connectivity index (χ0) is 14.0. The van der Waals surface area contributed by atoms with Crippen LogP contribution in [0.2, 0.25) is 0 Å². The fraction of sp³-hybridized carbons (Fsp3) is 0.500. The molecule has 0 aromatic carbocycles. The maximum Gasteiger partial charge on any atom is 0.138 e. The summed E-state index contributed by atoms with van der Waals surface area (Å²) in [6.45, 7) is 4.23. The molecule has 0 spiro atoms. The number of aromatic nitrogens is 3. The van der Waals surface area contributed by atoms with Crippen LogP contribution in [-0.2, 0) is 6.42 Å². The molecular formula is C12H16Br2N4S. The topological polar surface area (TPSA) is 42.7 Å². The molecule has 0 saturated carbocycles. The van der Waals surface area contributed by atoms with Gasteiger partial charge in [0.25, 0.3) is 0 Å². The summed E-state index contributed by atoms with van der Waals surface area (Å²) in [4.78, 5) is 4.38. The maximum atomic E-state index is 4.38. The number of nitrogens with one attached hydrogen (secondary N) is 1. The van der Waals surface area contributed by atoms with Crippen LogP contribution in [0.1, 0.15) is 37.3 Å². The lowest BCUT2D eigenvalue weighted by Crippen LogP contribution is -2.21. The predicted octanol–water partition coefficient (Wildman–Crippen LogP) is 3.95. The van der Waals surface area contributed by atoms with Gasteiger partial charge in [0.2, 0.25) is 0 Å². The van der Waals surface area contributed by atoms with E-state index in [9.17, 15) is 0 Å². The molecule has 1 atom stereocenters. The second kappa shape index (κ2) is 6.47. The van der Waals surface area contributed by atoms with Crippen molar-refractivity contribution < 1.29 is 0 Å². The molecule has 2 aromatic heterocycles. The number of thiophene rings is 1. The first-order chi connectivity index (χ1) is 9.02. The highest BCUT2D eigenvalue weighted by molar-refractivity contribution is 9.12. The summed E-state index contributed by atoms with van der Waals surface area (Å²) >= 11 is 8.83. The van der Waals surface area contributed by atoms with Crippen molar-refractivity contribution in [1.82, 2.24) is 20.1 Å². The number of hydrogen-bond acceptors (Lipinski definition) is 4. The van der Waals surface area contributed by atoms with Gasteiger partial charge in [-0.05, 0) is 64.4 Å². The smallest absolute Gasteiger partial charge is 0.138 e. The highest BCUT2D eigenvalue weighted by Gasteiger charge is 2.19. The van der Waals surface area contributed by atoms with Gasteiger partial charge in [0.15, 0.2) is 0 Å². The van der Waals surface area contributed by atoms with Crippen molar-refractivity contribution >= 4 is 43.2 Å². The maximum absolute atomic E-state index is 4.38. The van der Waals surface area contributed by atoms with Gasteiger partial charge in [-0.3, -0.25) is 0 Å². The Kier molecular flexibility index (Phi) is 5.16. The van der Waals surface area contributed by atoms with E-state index >= 15 is 0 Å². The molecule has 0 bridgehead atoms. The summed E-state index contributed by atoms with van der Waals surface area (Å²) in [5, 5.41) is 7.64. The second-order valence-corrected chi connectivity index (χ2v) is 8.29. The van der Waals surface area contributed by atoms with Crippen LogP contribution in [0.25, 0.3) is 0 Å². The molecule has 0 radical (unpaired) electrons. The fourth-order valence-electron chi connectivity index (χ4n) is 1.99. The van der Waals surface area contributed by atoms with Crippen molar-refractivity contribution in [3.8, 4) is 0 Å². The molecule has 0 saturated heterocycles. The number of hydrogen-bond donors (Lipinski definition) is 1. The molecule has 0 aliphatic heterocycles. The van der Waals surface area contributed by atoms with Crippen molar-refractivity contribution in [1.29, 1.82) is 0 Å². The summed E-state index contributed by atoms with van der Waals surface area (Å²) < 4.78 is 4.24. The molecule has 7 heteroatoms. The lowest BCUT2D eigenvalue weighted by molar-refractivity contribution is 0.478. The van der Waals surface area contributed by atoms with E-state index in [1.54, 1.807) is 17.7 Å². The van der Waals surface area contributed by atoms with Crippen LogP contribution in [0.4, 0.5) is 0 Å². The van der Waals surface area contributed by atoms with Gasteiger partial charge < -0.3 is 5.32 Å². The van der Waals surface area contributed by atoms with Crippen LogP contribution < -0.4 is 5.32 Å². The van der Waals surface area contributed by atoms with E-state index in [-0.39, 0.29) is 6.04 Å². The van der Waals surface area contributed by atoms with E-state index in [2.05, 4.69) is 67.2 Å². The Balaban J connectivity index is 2.24. The van der Waals surface area contributed by atoms with Gasteiger partial charge >= 0.3 is 0 Å². The molecule has 0 amide bonds. The third-order valence-corrected chi connectivity index (χ3v) is 5.32. The van der Waals surface area contributed by atoms with Gasteiger partial charge in [-0.15, -0.1) is 11.3 Å². The highest BCUT2D eigenvalue weighted by atomic mass is 79.9. The Morgan fingerprint density at radius 1 is 1.42 bits per heavy atom. The monoisotopic (exact) mass is 406 g/mol. The van der Waals surface area contributed by atoms with E-state index in [0.717, 1.165) is 19.8 Å². The second-order valence-electron chi connectivity index (χ2n) is 4.54.